The van der Waals surface area contributed by atoms with Gasteiger partial charge in [-0.15, -0.1) is 11.3 Å². The smallest absolute Gasteiger partial charge is 0.171 e. The Hall–Kier alpha value is -1.46. The fraction of sp³-hybridized carbons (Fsp3) is 0.467. The number of nitrogens with two attached hydrogens (primary N) is 1. The molecule has 0 fully saturated rings. The molecule has 2 N–H and O–H groups in total. The topological polar surface area (TPSA) is 61.0 Å². The van der Waals surface area contributed by atoms with E-state index in [2.05, 4.69) is 42.9 Å². The van der Waals surface area contributed by atoms with Crippen molar-refractivity contribution in [3.63, 3.8) is 0 Å². The Morgan fingerprint density at radius 3 is 2.75 bits per heavy atom. The third-order valence-electron chi connectivity index (χ3n) is 3.42. The molecule has 0 bridgehead atoms. The van der Waals surface area contributed by atoms with Gasteiger partial charge < -0.3 is 10.5 Å². The molecule has 0 amide bonds. The van der Waals surface area contributed by atoms with Gasteiger partial charge in [0.25, 0.3) is 0 Å². The number of nitrogens with zero attached hydrogens (tertiary/aromatic N) is 2. The number of rotatable bonds is 1. The molecule has 5 heteroatoms. The minimum atomic E-state index is 0.149. The monoisotopic (exact) mass is 289 g/mol. The van der Waals surface area contributed by atoms with Crippen molar-refractivity contribution in [2.24, 2.45) is 0 Å². The molecule has 20 heavy (non-hydrogen) atoms. The van der Waals surface area contributed by atoms with Crippen LogP contribution in [0.5, 0.6) is 0 Å². The van der Waals surface area contributed by atoms with Crippen LogP contribution >= 0.6 is 11.3 Å². The predicted molar refractivity (Wildman–Crippen MR) is 81.8 cm³/mol. The number of anilines is 1. The van der Waals surface area contributed by atoms with E-state index >= 15 is 0 Å². The van der Waals surface area contributed by atoms with Gasteiger partial charge in [-0.1, -0.05) is 20.8 Å². The Balaban J connectivity index is 2.02. The molecule has 0 spiro atoms. The molecule has 0 saturated carbocycles. The second-order valence-electron chi connectivity index (χ2n) is 6.07. The van der Waals surface area contributed by atoms with Gasteiger partial charge in [0.05, 0.1) is 23.8 Å². The molecule has 106 valence electrons. The number of hydrogen-bond donors (Lipinski definition) is 1. The van der Waals surface area contributed by atoms with E-state index in [-0.39, 0.29) is 5.41 Å². The fourth-order valence-electron chi connectivity index (χ4n) is 2.23. The normalized spacial score (nSPS) is 15.2. The van der Waals surface area contributed by atoms with Crippen LogP contribution in [0.25, 0.3) is 10.7 Å². The van der Waals surface area contributed by atoms with Crippen molar-refractivity contribution in [1.29, 1.82) is 0 Å². The summed E-state index contributed by atoms with van der Waals surface area (Å²) in [4.78, 5) is 11.5. The van der Waals surface area contributed by atoms with Gasteiger partial charge in [-0.2, -0.15) is 0 Å². The Kier molecular flexibility index (Phi) is 3.26. The molecule has 0 aliphatic carbocycles. The Morgan fingerprint density at radius 2 is 2.05 bits per heavy atom. The fourth-order valence-corrected chi connectivity index (χ4v) is 3.23. The summed E-state index contributed by atoms with van der Waals surface area (Å²) in [6, 6.07) is 4.24. The number of ether oxygens (including phenoxy) is 1. The standard InChI is InChI=1S/C15H19N3OS/c1-15(2,3)12-5-4-11(20-12)14-17-10-6-7-19-8-9(10)13(16)18-14/h4-5H,6-8H2,1-3H3,(H2,16,17,18). The molecule has 1 aliphatic heterocycles. The SMILES string of the molecule is CC(C)(C)c1ccc(-c2nc(N)c3c(n2)CCOC3)s1. The van der Waals surface area contributed by atoms with Crippen LogP contribution in [0.4, 0.5) is 5.82 Å². The van der Waals surface area contributed by atoms with Crippen molar-refractivity contribution in [3.05, 3.63) is 28.3 Å². The van der Waals surface area contributed by atoms with Crippen LogP contribution < -0.4 is 5.73 Å². The number of thiophene rings is 1. The summed E-state index contributed by atoms with van der Waals surface area (Å²) in [5, 5.41) is 0. The van der Waals surface area contributed by atoms with E-state index < -0.39 is 0 Å². The molecular formula is C15H19N3OS. The molecule has 2 aromatic rings. The Morgan fingerprint density at radius 1 is 1.25 bits per heavy atom. The van der Waals surface area contributed by atoms with Crippen LogP contribution in [0, 0.1) is 0 Å². The van der Waals surface area contributed by atoms with Gasteiger partial charge in [0, 0.05) is 16.9 Å². The molecule has 0 radical (unpaired) electrons. The maximum atomic E-state index is 6.05. The molecule has 3 rings (SSSR count). The van der Waals surface area contributed by atoms with Crippen molar-refractivity contribution in [1.82, 2.24) is 9.97 Å². The molecule has 0 atom stereocenters. The third-order valence-corrected chi connectivity index (χ3v) is 4.93. The van der Waals surface area contributed by atoms with E-state index in [0.29, 0.717) is 19.0 Å². The van der Waals surface area contributed by atoms with E-state index in [1.54, 1.807) is 11.3 Å². The maximum absolute atomic E-state index is 6.05. The molecule has 1 aliphatic rings. The lowest BCUT2D eigenvalue weighted by Gasteiger charge is -2.17. The highest BCUT2D eigenvalue weighted by atomic mass is 32.1. The first-order chi connectivity index (χ1) is 9.45. The third kappa shape index (κ3) is 2.43. The summed E-state index contributed by atoms with van der Waals surface area (Å²) in [5.74, 6) is 1.29. The molecule has 4 nitrogen and oxygen atoms in total. The highest BCUT2D eigenvalue weighted by Gasteiger charge is 2.20. The zero-order valence-corrected chi connectivity index (χ0v) is 12.9. The van der Waals surface area contributed by atoms with Crippen LogP contribution in [0.2, 0.25) is 0 Å². The van der Waals surface area contributed by atoms with Crippen molar-refractivity contribution in [2.45, 2.75) is 39.2 Å². The average Bonchev–Trinajstić information content (AvgIpc) is 2.88. The number of fused-ring (bicyclic) bond motifs is 1. The minimum absolute atomic E-state index is 0.149. The summed E-state index contributed by atoms with van der Waals surface area (Å²) < 4.78 is 5.41. The van der Waals surface area contributed by atoms with Crippen LogP contribution in [0.1, 0.15) is 36.9 Å². The highest BCUT2D eigenvalue weighted by molar-refractivity contribution is 7.15. The zero-order chi connectivity index (χ0) is 14.3. The Bertz CT molecular complexity index is 643. The van der Waals surface area contributed by atoms with E-state index in [0.717, 1.165) is 28.4 Å². The van der Waals surface area contributed by atoms with Crippen molar-refractivity contribution in [3.8, 4) is 10.7 Å². The van der Waals surface area contributed by atoms with Gasteiger partial charge in [-0.3, -0.25) is 0 Å². The zero-order valence-electron chi connectivity index (χ0n) is 12.1. The lowest BCUT2D eigenvalue weighted by atomic mass is 9.95. The second-order valence-corrected chi connectivity index (χ2v) is 7.16. The summed E-state index contributed by atoms with van der Waals surface area (Å²) in [6.45, 7) is 7.87. The summed E-state index contributed by atoms with van der Waals surface area (Å²) in [7, 11) is 0. The molecule has 0 saturated heterocycles. The number of hydrogen-bond acceptors (Lipinski definition) is 5. The van der Waals surface area contributed by atoms with Crippen LogP contribution in [-0.2, 0) is 23.2 Å². The van der Waals surface area contributed by atoms with Crippen molar-refractivity contribution < 1.29 is 4.74 Å². The summed E-state index contributed by atoms with van der Waals surface area (Å²) in [6.07, 6.45) is 0.812. The first kappa shape index (κ1) is 13.5. The lowest BCUT2D eigenvalue weighted by Crippen LogP contribution is -2.15. The lowest BCUT2D eigenvalue weighted by molar-refractivity contribution is 0.109. The molecule has 0 unspecified atom stereocenters. The molecule has 2 aromatic heterocycles. The average molecular weight is 289 g/mol. The van der Waals surface area contributed by atoms with Gasteiger partial charge in [0.1, 0.15) is 5.82 Å². The number of nitrogen functional groups attached to an aromatic ring is 1. The molecular weight excluding hydrogens is 270 g/mol. The summed E-state index contributed by atoms with van der Waals surface area (Å²) >= 11 is 1.74. The minimum Gasteiger partial charge on any atom is -0.383 e. The second kappa shape index (κ2) is 4.82. The first-order valence-corrected chi connectivity index (χ1v) is 7.60. The van der Waals surface area contributed by atoms with Gasteiger partial charge in [-0.05, 0) is 17.5 Å². The quantitative estimate of drug-likeness (QED) is 0.876. The Labute approximate surface area is 123 Å². The van der Waals surface area contributed by atoms with E-state index in [1.165, 1.54) is 4.88 Å². The van der Waals surface area contributed by atoms with Crippen LogP contribution in [0.15, 0.2) is 12.1 Å². The number of aromatic nitrogens is 2. The van der Waals surface area contributed by atoms with Gasteiger partial charge in [0.2, 0.25) is 0 Å². The van der Waals surface area contributed by atoms with E-state index in [1.807, 2.05) is 0 Å². The summed E-state index contributed by atoms with van der Waals surface area (Å²) in [5.41, 5.74) is 8.18. The van der Waals surface area contributed by atoms with Crippen molar-refractivity contribution >= 4 is 17.2 Å². The van der Waals surface area contributed by atoms with E-state index in [9.17, 15) is 0 Å². The van der Waals surface area contributed by atoms with Crippen LogP contribution in [-0.4, -0.2) is 16.6 Å². The molecule has 3 heterocycles. The first-order valence-electron chi connectivity index (χ1n) is 6.79. The maximum Gasteiger partial charge on any atom is 0.171 e. The van der Waals surface area contributed by atoms with Crippen molar-refractivity contribution in [2.75, 3.05) is 12.3 Å². The van der Waals surface area contributed by atoms with Crippen LogP contribution in [0.3, 0.4) is 0 Å². The molecule has 0 aromatic carbocycles. The predicted octanol–water partition coefficient (Wildman–Crippen LogP) is 3.16. The largest absolute Gasteiger partial charge is 0.383 e. The van der Waals surface area contributed by atoms with Gasteiger partial charge in [-0.25, -0.2) is 9.97 Å². The van der Waals surface area contributed by atoms with E-state index in [4.69, 9.17) is 10.5 Å². The highest BCUT2D eigenvalue weighted by Crippen LogP contribution is 2.34. The van der Waals surface area contributed by atoms with Gasteiger partial charge >= 0.3 is 0 Å². The van der Waals surface area contributed by atoms with Gasteiger partial charge in [0.15, 0.2) is 5.82 Å².